The van der Waals surface area contributed by atoms with Crippen molar-refractivity contribution in [2.24, 2.45) is 0 Å². The summed E-state index contributed by atoms with van der Waals surface area (Å²) in [5.74, 6) is 0. The molecular formula is C16H26N2O2. The van der Waals surface area contributed by atoms with E-state index in [0.717, 1.165) is 5.56 Å². The SMILES string of the molecule is CC(C)NC(CNC(=O)OC(C)(C)C)c1ccccc1. The second-order valence-corrected chi connectivity index (χ2v) is 6.17. The molecule has 0 spiro atoms. The zero-order chi connectivity index (χ0) is 15.2. The summed E-state index contributed by atoms with van der Waals surface area (Å²) in [6.45, 7) is 10.2. The van der Waals surface area contributed by atoms with Crippen LogP contribution in [-0.4, -0.2) is 24.3 Å². The number of benzene rings is 1. The molecule has 0 radical (unpaired) electrons. The highest BCUT2D eigenvalue weighted by Gasteiger charge is 2.18. The Bertz CT molecular complexity index is 410. The van der Waals surface area contributed by atoms with Gasteiger partial charge < -0.3 is 15.4 Å². The molecule has 0 fully saturated rings. The van der Waals surface area contributed by atoms with E-state index in [-0.39, 0.29) is 12.1 Å². The third-order valence-corrected chi connectivity index (χ3v) is 2.59. The molecule has 4 nitrogen and oxygen atoms in total. The molecule has 112 valence electrons. The van der Waals surface area contributed by atoms with Gasteiger partial charge in [0.05, 0.1) is 0 Å². The zero-order valence-electron chi connectivity index (χ0n) is 13.1. The fourth-order valence-corrected chi connectivity index (χ4v) is 1.86. The van der Waals surface area contributed by atoms with E-state index in [1.54, 1.807) is 0 Å². The molecule has 0 aliphatic rings. The first-order chi connectivity index (χ1) is 9.28. The maximum atomic E-state index is 11.7. The Labute approximate surface area is 121 Å². The molecule has 0 aromatic heterocycles. The average molecular weight is 278 g/mol. The van der Waals surface area contributed by atoms with Gasteiger partial charge in [0.2, 0.25) is 0 Å². The van der Waals surface area contributed by atoms with Crippen molar-refractivity contribution in [2.75, 3.05) is 6.54 Å². The van der Waals surface area contributed by atoms with Crippen molar-refractivity contribution in [3.05, 3.63) is 35.9 Å². The van der Waals surface area contributed by atoms with Crippen LogP contribution in [0.4, 0.5) is 4.79 Å². The molecule has 0 saturated carbocycles. The Morgan fingerprint density at radius 3 is 2.30 bits per heavy atom. The minimum Gasteiger partial charge on any atom is -0.444 e. The summed E-state index contributed by atoms with van der Waals surface area (Å²) in [6, 6.07) is 10.5. The number of hydrogen-bond donors (Lipinski definition) is 2. The molecule has 0 bridgehead atoms. The molecule has 1 aromatic carbocycles. The van der Waals surface area contributed by atoms with Gasteiger partial charge in [0.15, 0.2) is 0 Å². The van der Waals surface area contributed by atoms with Gasteiger partial charge in [-0.05, 0) is 26.3 Å². The lowest BCUT2D eigenvalue weighted by atomic mass is 10.1. The van der Waals surface area contributed by atoms with Gasteiger partial charge in [0.1, 0.15) is 5.60 Å². The molecular weight excluding hydrogens is 252 g/mol. The quantitative estimate of drug-likeness (QED) is 0.869. The Balaban J connectivity index is 2.60. The molecule has 1 amide bonds. The number of carbonyl (C=O) groups is 1. The standard InChI is InChI=1S/C16H26N2O2/c1-12(2)18-14(13-9-7-6-8-10-13)11-17-15(19)20-16(3,4)5/h6-10,12,14,18H,11H2,1-5H3,(H,17,19). The van der Waals surface area contributed by atoms with Gasteiger partial charge >= 0.3 is 6.09 Å². The monoisotopic (exact) mass is 278 g/mol. The Hall–Kier alpha value is -1.55. The lowest BCUT2D eigenvalue weighted by Crippen LogP contribution is -2.40. The van der Waals surface area contributed by atoms with Crippen molar-refractivity contribution in [3.63, 3.8) is 0 Å². The van der Waals surface area contributed by atoms with E-state index in [2.05, 4.69) is 36.6 Å². The van der Waals surface area contributed by atoms with Crippen molar-refractivity contribution < 1.29 is 9.53 Å². The highest BCUT2D eigenvalue weighted by atomic mass is 16.6. The number of alkyl carbamates (subject to hydrolysis) is 1. The molecule has 20 heavy (non-hydrogen) atoms. The normalized spacial score (nSPS) is 13.1. The summed E-state index contributed by atoms with van der Waals surface area (Å²) in [5.41, 5.74) is 0.676. The van der Waals surface area contributed by atoms with Crippen molar-refractivity contribution in [1.29, 1.82) is 0 Å². The molecule has 1 unspecified atom stereocenters. The van der Waals surface area contributed by atoms with Gasteiger partial charge in [-0.1, -0.05) is 44.2 Å². The first kappa shape index (κ1) is 16.5. The molecule has 0 aliphatic carbocycles. The second kappa shape index (κ2) is 7.29. The molecule has 0 saturated heterocycles. The summed E-state index contributed by atoms with van der Waals surface area (Å²) < 4.78 is 5.25. The van der Waals surface area contributed by atoms with Crippen LogP contribution in [-0.2, 0) is 4.74 Å². The summed E-state index contributed by atoms with van der Waals surface area (Å²) in [7, 11) is 0. The Kier molecular flexibility index (Phi) is 6.02. The first-order valence-electron chi connectivity index (χ1n) is 7.06. The summed E-state index contributed by atoms with van der Waals surface area (Å²) in [6.07, 6.45) is -0.385. The van der Waals surface area contributed by atoms with E-state index in [4.69, 9.17) is 4.74 Å². The fourth-order valence-electron chi connectivity index (χ4n) is 1.86. The highest BCUT2D eigenvalue weighted by Crippen LogP contribution is 2.13. The number of carbonyl (C=O) groups excluding carboxylic acids is 1. The number of amides is 1. The molecule has 2 N–H and O–H groups in total. The van der Waals surface area contributed by atoms with Crippen LogP contribution < -0.4 is 10.6 Å². The zero-order valence-corrected chi connectivity index (χ0v) is 13.1. The topological polar surface area (TPSA) is 50.4 Å². The molecule has 1 atom stereocenters. The molecule has 1 rings (SSSR count). The smallest absolute Gasteiger partial charge is 0.407 e. The average Bonchev–Trinajstić information content (AvgIpc) is 2.33. The van der Waals surface area contributed by atoms with Crippen LogP contribution in [0.3, 0.4) is 0 Å². The van der Waals surface area contributed by atoms with Crippen molar-refractivity contribution >= 4 is 6.09 Å². The van der Waals surface area contributed by atoms with Gasteiger partial charge in [0, 0.05) is 18.6 Å². The fraction of sp³-hybridized carbons (Fsp3) is 0.562. The summed E-state index contributed by atoms with van der Waals surface area (Å²) >= 11 is 0. The predicted octanol–water partition coefficient (Wildman–Crippen LogP) is 3.25. The van der Waals surface area contributed by atoms with Crippen LogP contribution in [0.15, 0.2) is 30.3 Å². The molecule has 1 aromatic rings. The third-order valence-electron chi connectivity index (χ3n) is 2.59. The van der Waals surface area contributed by atoms with E-state index in [0.29, 0.717) is 12.6 Å². The van der Waals surface area contributed by atoms with Crippen molar-refractivity contribution in [3.8, 4) is 0 Å². The van der Waals surface area contributed by atoms with E-state index in [1.807, 2.05) is 39.0 Å². The number of nitrogens with one attached hydrogen (secondary N) is 2. The van der Waals surface area contributed by atoms with E-state index >= 15 is 0 Å². The molecule has 0 aliphatic heterocycles. The van der Waals surface area contributed by atoms with Gasteiger partial charge in [0.25, 0.3) is 0 Å². The van der Waals surface area contributed by atoms with Gasteiger partial charge in [-0.25, -0.2) is 4.79 Å². The predicted molar refractivity (Wildman–Crippen MR) is 81.7 cm³/mol. The lowest BCUT2D eigenvalue weighted by Gasteiger charge is -2.24. The van der Waals surface area contributed by atoms with Gasteiger partial charge in [-0.3, -0.25) is 0 Å². The van der Waals surface area contributed by atoms with E-state index in [1.165, 1.54) is 0 Å². The maximum Gasteiger partial charge on any atom is 0.407 e. The molecule has 4 heteroatoms. The van der Waals surface area contributed by atoms with Crippen LogP contribution in [0, 0.1) is 0 Å². The van der Waals surface area contributed by atoms with E-state index < -0.39 is 5.60 Å². The number of rotatable bonds is 5. The van der Waals surface area contributed by atoms with Gasteiger partial charge in [-0.2, -0.15) is 0 Å². The highest BCUT2D eigenvalue weighted by molar-refractivity contribution is 5.67. The lowest BCUT2D eigenvalue weighted by molar-refractivity contribution is 0.0522. The van der Waals surface area contributed by atoms with E-state index in [9.17, 15) is 4.79 Å². The summed E-state index contributed by atoms with van der Waals surface area (Å²) in [4.78, 5) is 11.7. The Morgan fingerprint density at radius 1 is 1.20 bits per heavy atom. The number of ether oxygens (including phenoxy) is 1. The van der Waals surface area contributed by atoms with Crippen molar-refractivity contribution in [2.45, 2.75) is 52.3 Å². The first-order valence-corrected chi connectivity index (χ1v) is 7.06. The maximum absolute atomic E-state index is 11.7. The minimum absolute atomic E-state index is 0.0729. The third kappa shape index (κ3) is 6.57. The van der Waals surface area contributed by atoms with Crippen LogP contribution in [0.2, 0.25) is 0 Å². The largest absolute Gasteiger partial charge is 0.444 e. The van der Waals surface area contributed by atoms with Crippen LogP contribution >= 0.6 is 0 Å². The van der Waals surface area contributed by atoms with Crippen LogP contribution in [0.25, 0.3) is 0 Å². The van der Waals surface area contributed by atoms with Gasteiger partial charge in [-0.15, -0.1) is 0 Å². The summed E-state index contributed by atoms with van der Waals surface area (Å²) in [5, 5.41) is 6.26. The minimum atomic E-state index is -0.474. The second-order valence-electron chi connectivity index (χ2n) is 6.17. The van der Waals surface area contributed by atoms with Crippen LogP contribution in [0.5, 0.6) is 0 Å². The molecule has 0 heterocycles. The van der Waals surface area contributed by atoms with Crippen LogP contribution in [0.1, 0.15) is 46.2 Å². The Morgan fingerprint density at radius 2 is 1.80 bits per heavy atom. The number of hydrogen-bond acceptors (Lipinski definition) is 3. The van der Waals surface area contributed by atoms with Crippen molar-refractivity contribution in [1.82, 2.24) is 10.6 Å².